The summed E-state index contributed by atoms with van der Waals surface area (Å²) in [4.78, 5) is 10.5. The zero-order valence-corrected chi connectivity index (χ0v) is 11.8. The molecule has 0 bridgehead atoms. The molecule has 0 radical (unpaired) electrons. The number of nitrogens with one attached hydrogen (secondary N) is 3. The molecule has 1 amide bonds. The number of carbonyl (C=O) groups excluding carboxylic acids is 1. The molecule has 0 rings (SSSR count). The monoisotopic (exact) mass is 247 g/mol. The van der Waals surface area contributed by atoms with Crippen molar-refractivity contribution in [3.63, 3.8) is 0 Å². The van der Waals surface area contributed by atoms with Gasteiger partial charge in [-0.05, 0) is 6.54 Å². The van der Waals surface area contributed by atoms with Crippen LogP contribution >= 0.6 is 0 Å². The number of likely N-dealkylation sites (N-methyl/N-ethyl adjacent to an activating group) is 1. The molecule has 17 heavy (non-hydrogen) atoms. The van der Waals surface area contributed by atoms with Crippen LogP contribution in [0.2, 0.25) is 0 Å². The lowest BCUT2D eigenvalue weighted by Crippen LogP contribution is -2.30. The summed E-state index contributed by atoms with van der Waals surface area (Å²) in [6.45, 7) is 13.3. The van der Waals surface area contributed by atoms with Crippen molar-refractivity contribution in [1.29, 1.82) is 0 Å². The van der Waals surface area contributed by atoms with Crippen LogP contribution in [-0.4, -0.2) is 51.8 Å². The van der Waals surface area contributed by atoms with E-state index in [-0.39, 0.29) is 5.91 Å². The summed E-state index contributed by atoms with van der Waals surface area (Å²) in [5, 5.41) is 9.14. The highest BCUT2D eigenvalue weighted by molar-refractivity contribution is 5.72. The number of amides is 1. The van der Waals surface area contributed by atoms with Crippen molar-refractivity contribution in [2.45, 2.75) is 27.7 Å². The van der Waals surface area contributed by atoms with Crippen molar-refractivity contribution in [3.05, 3.63) is 0 Å². The van der Waals surface area contributed by atoms with Crippen LogP contribution in [0.1, 0.15) is 27.7 Å². The Morgan fingerprint density at radius 1 is 1.00 bits per heavy atom. The van der Waals surface area contributed by atoms with E-state index in [9.17, 15) is 4.79 Å². The van der Waals surface area contributed by atoms with Crippen molar-refractivity contribution in [1.82, 2.24) is 16.0 Å². The van der Waals surface area contributed by atoms with E-state index in [2.05, 4.69) is 22.9 Å². The average Bonchev–Trinajstić information content (AvgIpc) is 2.34. The lowest BCUT2D eigenvalue weighted by atomic mass is 10.5. The third kappa shape index (κ3) is 21.2. The second-order valence-corrected chi connectivity index (χ2v) is 3.20. The van der Waals surface area contributed by atoms with Crippen LogP contribution in [-0.2, 0) is 9.53 Å². The van der Waals surface area contributed by atoms with E-state index in [1.165, 1.54) is 6.92 Å². The molecule has 0 aromatic carbocycles. The van der Waals surface area contributed by atoms with Gasteiger partial charge in [-0.1, -0.05) is 20.8 Å². The van der Waals surface area contributed by atoms with Crippen molar-refractivity contribution >= 4 is 5.91 Å². The molecule has 0 aromatic rings. The average molecular weight is 247 g/mol. The first-order valence-electron chi connectivity index (χ1n) is 6.51. The molecule has 0 heterocycles. The Labute approximate surface area is 106 Å². The first-order chi connectivity index (χ1) is 8.27. The molecule has 3 N–H and O–H groups in total. The molecule has 0 spiro atoms. The van der Waals surface area contributed by atoms with Crippen LogP contribution < -0.4 is 16.0 Å². The van der Waals surface area contributed by atoms with Gasteiger partial charge in [0, 0.05) is 33.1 Å². The summed E-state index contributed by atoms with van der Waals surface area (Å²) in [6, 6.07) is 0. The van der Waals surface area contributed by atoms with E-state index < -0.39 is 0 Å². The largest absolute Gasteiger partial charge is 0.378 e. The lowest BCUT2D eigenvalue weighted by Gasteiger charge is -2.06. The maximum Gasteiger partial charge on any atom is 0.216 e. The highest BCUT2D eigenvalue weighted by Gasteiger charge is 1.91. The van der Waals surface area contributed by atoms with Gasteiger partial charge >= 0.3 is 0 Å². The van der Waals surface area contributed by atoms with Gasteiger partial charge in [0.25, 0.3) is 0 Å². The Morgan fingerprint density at radius 3 is 2.18 bits per heavy atom. The predicted molar refractivity (Wildman–Crippen MR) is 72.3 cm³/mol. The molecule has 0 fully saturated rings. The van der Waals surface area contributed by atoms with Crippen molar-refractivity contribution in [2.75, 3.05) is 45.9 Å². The molecule has 0 unspecified atom stereocenters. The van der Waals surface area contributed by atoms with Gasteiger partial charge in [0.2, 0.25) is 5.91 Å². The molecular weight excluding hydrogens is 218 g/mol. The van der Waals surface area contributed by atoms with Gasteiger partial charge in [-0.3, -0.25) is 4.79 Å². The van der Waals surface area contributed by atoms with Gasteiger partial charge in [0.05, 0.1) is 13.2 Å². The van der Waals surface area contributed by atoms with Gasteiger partial charge in [-0.2, -0.15) is 0 Å². The molecule has 104 valence electrons. The molecule has 0 saturated carbocycles. The summed E-state index contributed by atoms with van der Waals surface area (Å²) in [5.41, 5.74) is 0. The van der Waals surface area contributed by atoms with E-state index >= 15 is 0 Å². The maximum atomic E-state index is 10.5. The van der Waals surface area contributed by atoms with Crippen LogP contribution in [0.15, 0.2) is 0 Å². The third-order valence-corrected chi connectivity index (χ3v) is 1.77. The van der Waals surface area contributed by atoms with Gasteiger partial charge < -0.3 is 20.7 Å². The summed E-state index contributed by atoms with van der Waals surface area (Å²) in [7, 11) is 0. The Morgan fingerprint density at radius 2 is 1.59 bits per heavy atom. The summed E-state index contributed by atoms with van der Waals surface area (Å²) in [5.74, 6) is -0.0117. The van der Waals surface area contributed by atoms with E-state index in [0.717, 1.165) is 26.2 Å². The number of carbonyl (C=O) groups is 1. The van der Waals surface area contributed by atoms with E-state index in [1.807, 2.05) is 13.8 Å². The summed E-state index contributed by atoms with van der Waals surface area (Å²) < 4.78 is 5.29. The van der Waals surface area contributed by atoms with Crippen LogP contribution in [0.3, 0.4) is 0 Å². The molecule has 0 aliphatic heterocycles. The topological polar surface area (TPSA) is 62.4 Å². The van der Waals surface area contributed by atoms with Crippen LogP contribution in [0.5, 0.6) is 0 Å². The lowest BCUT2D eigenvalue weighted by molar-refractivity contribution is -0.119. The number of rotatable bonds is 10. The quantitative estimate of drug-likeness (QED) is 0.488. The molecule has 0 aromatic heterocycles. The minimum atomic E-state index is -0.0117. The van der Waals surface area contributed by atoms with Crippen LogP contribution in [0, 0.1) is 0 Å². The van der Waals surface area contributed by atoms with E-state index in [4.69, 9.17) is 4.74 Å². The van der Waals surface area contributed by atoms with Crippen molar-refractivity contribution < 1.29 is 9.53 Å². The molecule has 0 atom stereocenters. The molecule has 0 aliphatic carbocycles. The number of hydrogen-bond acceptors (Lipinski definition) is 4. The van der Waals surface area contributed by atoms with E-state index in [1.54, 1.807) is 0 Å². The van der Waals surface area contributed by atoms with Gasteiger partial charge in [0.15, 0.2) is 0 Å². The SMILES string of the molecule is CC.CCNCCNCCOCCNC(C)=O. The number of hydrogen-bond donors (Lipinski definition) is 3. The molecule has 5 nitrogen and oxygen atoms in total. The summed E-state index contributed by atoms with van der Waals surface area (Å²) >= 11 is 0. The summed E-state index contributed by atoms with van der Waals surface area (Å²) in [6.07, 6.45) is 0. The smallest absolute Gasteiger partial charge is 0.216 e. The fourth-order valence-electron chi connectivity index (χ4n) is 1.02. The Kier molecular flexibility index (Phi) is 19.5. The van der Waals surface area contributed by atoms with Crippen molar-refractivity contribution in [3.8, 4) is 0 Å². The molecule has 0 aliphatic rings. The third-order valence-electron chi connectivity index (χ3n) is 1.77. The standard InChI is InChI=1S/C10H23N3O2.C2H6/c1-3-11-4-5-12-6-8-15-9-7-13-10(2)14;1-2/h11-12H,3-9H2,1-2H3,(H,13,14);1-2H3. The molecular formula is C12H29N3O2. The maximum absolute atomic E-state index is 10.5. The first-order valence-corrected chi connectivity index (χ1v) is 6.51. The van der Waals surface area contributed by atoms with Gasteiger partial charge in [-0.25, -0.2) is 0 Å². The second kappa shape index (κ2) is 17.7. The minimum Gasteiger partial charge on any atom is -0.378 e. The highest BCUT2D eigenvalue weighted by Crippen LogP contribution is 1.72. The molecule has 0 saturated heterocycles. The zero-order chi connectivity index (χ0) is 13.4. The Balaban J connectivity index is 0. The Bertz CT molecular complexity index is 155. The van der Waals surface area contributed by atoms with E-state index in [0.29, 0.717) is 19.8 Å². The Hall–Kier alpha value is -0.650. The predicted octanol–water partition coefficient (Wildman–Crippen LogP) is 0.364. The fraction of sp³-hybridized carbons (Fsp3) is 0.917. The van der Waals surface area contributed by atoms with Gasteiger partial charge in [-0.15, -0.1) is 0 Å². The van der Waals surface area contributed by atoms with Gasteiger partial charge in [0.1, 0.15) is 0 Å². The van der Waals surface area contributed by atoms with Crippen molar-refractivity contribution in [2.24, 2.45) is 0 Å². The first kappa shape index (κ1) is 18.7. The fourth-order valence-corrected chi connectivity index (χ4v) is 1.02. The normalized spacial score (nSPS) is 9.41. The van der Waals surface area contributed by atoms with Crippen LogP contribution in [0.25, 0.3) is 0 Å². The second-order valence-electron chi connectivity index (χ2n) is 3.20. The van der Waals surface area contributed by atoms with Crippen LogP contribution in [0.4, 0.5) is 0 Å². The zero-order valence-electron chi connectivity index (χ0n) is 11.8. The highest BCUT2D eigenvalue weighted by atomic mass is 16.5. The molecule has 5 heteroatoms. The minimum absolute atomic E-state index is 0.0117. The number of ether oxygens (including phenoxy) is 1.